The predicted octanol–water partition coefficient (Wildman–Crippen LogP) is 3.63. The van der Waals surface area contributed by atoms with Crippen LogP contribution in [0, 0.1) is 5.82 Å². The van der Waals surface area contributed by atoms with Gasteiger partial charge in [-0.2, -0.15) is 0 Å². The molecule has 0 saturated carbocycles. The lowest BCUT2D eigenvalue weighted by atomic mass is 10.2. The Kier molecular flexibility index (Phi) is 5.81. The molecule has 1 fully saturated rings. The molecule has 142 valence electrons. The molecule has 2 aromatic carbocycles. The van der Waals surface area contributed by atoms with Gasteiger partial charge in [0.2, 0.25) is 5.91 Å². The highest BCUT2D eigenvalue weighted by Gasteiger charge is 2.24. The van der Waals surface area contributed by atoms with Crippen LogP contribution in [0.2, 0.25) is 5.02 Å². The van der Waals surface area contributed by atoms with E-state index in [1.807, 2.05) is 0 Å². The van der Waals surface area contributed by atoms with E-state index in [-0.39, 0.29) is 23.3 Å². The van der Waals surface area contributed by atoms with Crippen LogP contribution in [0.15, 0.2) is 36.4 Å². The van der Waals surface area contributed by atoms with Gasteiger partial charge in [-0.05, 0) is 30.7 Å². The lowest BCUT2D eigenvalue weighted by Crippen LogP contribution is -2.24. The molecule has 27 heavy (non-hydrogen) atoms. The molecule has 0 spiro atoms. The summed E-state index contributed by atoms with van der Waals surface area (Å²) < 4.78 is 23.8. The molecule has 1 saturated heterocycles. The number of anilines is 2. The highest BCUT2D eigenvalue weighted by Crippen LogP contribution is 2.33. The third kappa shape index (κ3) is 4.49. The highest BCUT2D eigenvalue weighted by atomic mass is 35.5. The number of benzene rings is 2. The molecule has 0 aromatic heterocycles. The summed E-state index contributed by atoms with van der Waals surface area (Å²) in [6.45, 7) is 0.381. The van der Waals surface area contributed by atoms with Crippen molar-refractivity contribution >= 4 is 34.8 Å². The molecule has 6 nitrogen and oxygen atoms in total. The Morgan fingerprint density at radius 2 is 2.11 bits per heavy atom. The van der Waals surface area contributed by atoms with E-state index in [0.717, 1.165) is 6.42 Å². The van der Waals surface area contributed by atoms with Crippen molar-refractivity contribution in [1.82, 2.24) is 0 Å². The van der Waals surface area contributed by atoms with Gasteiger partial charge in [-0.3, -0.25) is 9.59 Å². The fourth-order valence-corrected chi connectivity index (χ4v) is 2.96. The van der Waals surface area contributed by atoms with Crippen molar-refractivity contribution in [3.05, 3.63) is 47.2 Å². The maximum atomic E-state index is 13.1. The summed E-state index contributed by atoms with van der Waals surface area (Å²) in [5.41, 5.74) is 1.18. The second-order valence-electron chi connectivity index (χ2n) is 5.95. The van der Waals surface area contributed by atoms with Gasteiger partial charge >= 0.3 is 0 Å². The summed E-state index contributed by atoms with van der Waals surface area (Å²) in [5, 5.41) is 2.61. The Hall–Kier alpha value is -2.80. The summed E-state index contributed by atoms with van der Waals surface area (Å²) >= 11 is 5.67. The van der Waals surface area contributed by atoms with Crippen LogP contribution in [0.5, 0.6) is 11.5 Å². The summed E-state index contributed by atoms with van der Waals surface area (Å²) in [6.07, 6.45) is 1.33. The van der Waals surface area contributed by atoms with E-state index >= 15 is 0 Å². The number of methoxy groups -OCH3 is 1. The monoisotopic (exact) mass is 392 g/mol. The predicted molar refractivity (Wildman–Crippen MR) is 100 cm³/mol. The first-order valence-corrected chi connectivity index (χ1v) is 8.72. The van der Waals surface area contributed by atoms with Crippen LogP contribution in [0.4, 0.5) is 15.8 Å². The van der Waals surface area contributed by atoms with Gasteiger partial charge in [-0.1, -0.05) is 11.6 Å². The molecule has 8 heteroatoms. The second kappa shape index (κ2) is 8.26. The maximum absolute atomic E-state index is 13.1. The summed E-state index contributed by atoms with van der Waals surface area (Å²) in [7, 11) is 1.51. The molecule has 0 bridgehead atoms. The smallest absolute Gasteiger partial charge is 0.262 e. The van der Waals surface area contributed by atoms with Crippen molar-refractivity contribution in [3.63, 3.8) is 0 Å². The minimum absolute atomic E-state index is 0.0523. The Labute approximate surface area is 160 Å². The zero-order chi connectivity index (χ0) is 19.4. The summed E-state index contributed by atoms with van der Waals surface area (Å²) in [6, 6.07) is 8.93. The highest BCUT2D eigenvalue weighted by molar-refractivity contribution is 6.30. The number of rotatable bonds is 6. The van der Waals surface area contributed by atoms with Crippen LogP contribution in [0.3, 0.4) is 0 Å². The molecule has 0 aliphatic carbocycles. The number of ether oxygens (including phenoxy) is 2. The van der Waals surface area contributed by atoms with Crippen LogP contribution in [-0.2, 0) is 9.59 Å². The first-order chi connectivity index (χ1) is 13.0. The molecule has 1 aliphatic rings. The second-order valence-corrected chi connectivity index (χ2v) is 6.36. The molecule has 2 amide bonds. The van der Waals surface area contributed by atoms with Gasteiger partial charge in [0.15, 0.2) is 6.61 Å². The van der Waals surface area contributed by atoms with Crippen molar-refractivity contribution in [1.29, 1.82) is 0 Å². The third-order valence-electron chi connectivity index (χ3n) is 4.09. The lowest BCUT2D eigenvalue weighted by Gasteiger charge is -2.19. The van der Waals surface area contributed by atoms with E-state index in [0.29, 0.717) is 30.1 Å². The third-order valence-corrected chi connectivity index (χ3v) is 4.38. The SMILES string of the molecule is COc1cc(NC(=O)COc2ccc(F)c(Cl)c2)ccc1N1CCCC1=O. The van der Waals surface area contributed by atoms with E-state index in [9.17, 15) is 14.0 Å². The number of nitrogens with zero attached hydrogens (tertiary/aromatic N) is 1. The number of hydrogen-bond acceptors (Lipinski definition) is 4. The minimum Gasteiger partial charge on any atom is -0.494 e. The van der Waals surface area contributed by atoms with Crippen LogP contribution in [-0.4, -0.2) is 32.1 Å². The molecular formula is C19H18ClFN2O4. The van der Waals surface area contributed by atoms with Crippen molar-refractivity contribution < 1.29 is 23.5 Å². The quantitative estimate of drug-likeness (QED) is 0.815. The maximum Gasteiger partial charge on any atom is 0.262 e. The van der Waals surface area contributed by atoms with Crippen LogP contribution >= 0.6 is 11.6 Å². The van der Waals surface area contributed by atoms with Crippen LogP contribution in [0.1, 0.15) is 12.8 Å². The van der Waals surface area contributed by atoms with Gasteiger partial charge in [0, 0.05) is 30.8 Å². The largest absolute Gasteiger partial charge is 0.494 e. The fraction of sp³-hybridized carbons (Fsp3) is 0.263. The van der Waals surface area contributed by atoms with Crippen molar-refractivity contribution in [2.75, 3.05) is 30.5 Å². The first kappa shape index (κ1) is 19.0. The number of hydrogen-bond donors (Lipinski definition) is 1. The average molecular weight is 393 g/mol. The van der Waals surface area contributed by atoms with Gasteiger partial charge in [0.25, 0.3) is 5.91 Å². The Morgan fingerprint density at radius 1 is 1.30 bits per heavy atom. The van der Waals surface area contributed by atoms with E-state index in [1.165, 1.54) is 25.3 Å². The van der Waals surface area contributed by atoms with E-state index in [4.69, 9.17) is 21.1 Å². The Balaban J connectivity index is 1.63. The molecule has 0 atom stereocenters. The Morgan fingerprint density at radius 3 is 2.78 bits per heavy atom. The molecular weight excluding hydrogens is 375 g/mol. The van der Waals surface area contributed by atoms with Gasteiger partial charge < -0.3 is 19.7 Å². The van der Waals surface area contributed by atoms with Crippen LogP contribution < -0.4 is 19.7 Å². The van der Waals surface area contributed by atoms with Crippen LogP contribution in [0.25, 0.3) is 0 Å². The van der Waals surface area contributed by atoms with Gasteiger partial charge in [-0.25, -0.2) is 4.39 Å². The topological polar surface area (TPSA) is 67.9 Å². The molecule has 0 radical (unpaired) electrons. The zero-order valence-corrected chi connectivity index (χ0v) is 15.4. The zero-order valence-electron chi connectivity index (χ0n) is 14.6. The number of halogens is 2. The van der Waals surface area contributed by atoms with E-state index in [1.54, 1.807) is 23.1 Å². The standard InChI is InChI=1S/C19H18ClFN2O4/c1-26-17-9-12(4-7-16(17)23-8-2-3-19(23)25)22-18(24)11-27-13-5-6-15(21)14(20)10-13/h4-7,9-10H,2-3,8,11H2,1H3,(H,22,24). The molecule has 0 unspecified atom stereocenters. The lowest BCUT2D eigenvalue weighted by molar-refractivity contribution is -0.118. The van der Waals surface area contributed by atoms with Crippen molar-refractivity contribution in [2.45, 2.75) is 12.8 Å². The van der Waals surface area contributed by atoms with Gasteiger partial charge in [0.1, 0.15) is 17.3 Å². The molecule has 1 N–H and O–H groups in total. The normalized spacial score (nSPS) is 13.6. The number of carbonyl (C=O) groups is 2. The minimum atomic E-state index is -0.558. The number of amides is 2. The van der Waals surface area contributed by atoms with Gasteiger partial charge in [0.05, 0.1) is 17.8 Å². The summed E-state index contributed by atoms with van der Waals surface area (Å²) in [4.78, 5) is 25.7. The fourth-order valence-electron chi connectivity index (χ4n) is 2.79. The molecule has 1 aliphatic heterocycles. The first-order valence-electron chi connectivity index (χ1n) is 8.34. The van der Waals surface area contributed by atoms with E-state index in [2.05, 4.69) is 5.32 Å². The Bertz CT molecular complexity index is 875. The number of carbonyl (C=O) groups excluding carboxylic acids is 2. The molecule has 3 rings (SSSR count). The molecule has 2 aromatic rings. The van der Waals surface area contributed by atoms with E-state index < -0.39 is 11.7 Å². The van der Waals surface area contributed by atoms with Gasteiger partial charge in [-0.15, -0.1) is 0 Å². The van der Waals surface area contributed by atoms with Crippen molar-refractivity contribution in [3.8, 4) is 11.5 Å². The van der Waals surface area contributed by atoms with Crippen molar-refractivity contribution in [2.24, 2.45) is 0 Å². The average Bonchev–Trinajstić information content (AvgIpc) is 3.08. The molecule has 1 heterocycles. The summed E-state index contributed by atoms with van der Waals surface area (Å²) in [5.74, 6) is -0.123. The number of nitrogens with one attached hydrogen (secondary N) is 1.